The number of amides is 2. The molecule has 0 bridgehead atoms. The molecule has 8 heteroatoms. The topological polar surface area (TPSA) is 86.8 Å². The van der Waals surface area contributed by atoms with Crippen LogP contribution in [0.4, 0.5) is 11.4 Å². The van der Waals surface area contributed by atoms with Crippen LogP contribution in [0, 0.1) is 5.92 Å². The van der Waals surface area contributed by atoms with E-state index in [0.29, 0.717) is 9.99 Å². The maximum absolute atomic E-state index is 12.5. The number of nitrogens with one attached hydrogen (secondary N) is 1. The second-order valence-electron chi connectivity index (χ2n) is 7.58. The molecule has 0 unspecified atom stereocenters. The Morgan fingerprint density at radius 3 is 2.38 bits per heavy atom. The van der Waals surface area contributed by atoms with E-state index in [9.17, 15) is 18.0 Å². The summed E-state index contributed by atoms with van der Waals surface area (Å²) >= 11 is 0. The van der Waals surface area contributed by atoms with Crippen LogP contribution in [0.2, 0.25) is 0 Å². The van der Waals surface area contributed by atoms with E-state index in [2.05, 4.69) is 17.1 Å². The Morgan fingerprint density at radius 1 is 1.07 bits per heavy atom. The van der Waals surface area contributed by atoms with Gasteiger partial charge in [0.1, 0.15) is 11.4 Å². The zero-order chi connectivity index (χ0) is 20.6. The number of rotatable bonds is 4. The molecule has 0 atom stereocenters. The fourth-order valence-corrected chi connectivity index (χ4v) is 5.27. The van der Waals surface area contributed by atoms with E-state index in [1.807, 2.05) is 12.1 Å². The van der Waals surface area contributed by atoms with Crippen LogP contribution in [-0.4, -0.2) is 44.2 Å². The molecule has 2 aliphatic heterocycles. The van der Waals surface area contributed by atoms with Crippen LogP contribution in [0.15, 0.2) is 53.4 Å². The van der Waals surface area contributed by atoms with Crippen molar-refractivity contribution in [3.63, 3.8) is 0 Å². The SMILES string of the molecule is CC1CCN(c2ccc(NC(=O)CN3C(=O)c4ccccc4S3(=O)=O)cc2)CC1. The number of carbonyl (C=O) groups excluding carboxylic acids is 2. The highest BCUT2D eigenvalue weighted by atomic mass is 32.2. The molecular weight excluding hydrogens is 390 g/mol. The summed E-state index contributed by atoms with van der Waals surface area (Å²) in [7, 11) is -3.99. The van der Waals surface area contributed by atoms with Gasteiger partial charge in [0, 0.05) is 24.5 Å². The van der Waals surface area contributed by atoms with Gasteiger partial charge in [-0.3, -0.25) is 9.59 Å². The van der Waals surface area contributed by atoms with Gasteiger partial charge in [-0.05, 0) is 55.2 Å². The molecule has 2 aliphatic rings. The first-order valence-electron chi connectivity index (χ1n) is 9.67. The lowest BCUT2D eigenvalue weighted by atomic mass is 9.99. The molecule has 2 aromatic carbocycles. The van der Waals surface area contributed by atoms with Crippen molar-refractivity contribution in [2.45, 2.75) is 24.7 Å². The monoisotopic (exact) mass is 413 g/mol. The summed E-state index contributed by atoms with van der Waals surface area (Å²) in [6, 6.07) is 13.4. The summed E-state index contributed by atoms with van der Waals surface area (Å²) in [5, 5.41) is 2.68. The molecule has 2 amide bonds. The first kappa shape index (κ1) is 19.4. The highest BCUT2D eigenvalue weighted by Gasteiger charge is 2.41. The zero-order valence-electron chi connectivity index (χ0n) is 16.2. The lowest BCUT2D eigenvalue weighted by Crippen LogP contribution is -2.37. The number of carbonyl (C=O) groups is 2. The fraction of sp³-hybridized carbons (Fsp3) is 0.333. The molecule has 2 aromatic rings. The van der Waals surface area contributed by atoms with Gasteiger partial charge in [-0.15, -0.1) is 0 Å². The molecule has 4 rings (SSSR count). The second kappa shape index (κ2) is 7.51. The van der Waals surface area contributed by atoms with Crippen LogP contribution < -0.4 is 10.2 Å². The quantitative estimate of drug-likeness (QED) is 0.833. The molecule has 152 valence electrons. The molecule has 0 saturated carbocycles. The maximum Gasteiger partial charge on any atom is 0.269 e. The third kappa shape index (κ3) is 3.72. The van der Waals surface area contributed by atoms with Crippen molar-refractivity contribution < 1.29 is 18.0 Å². The van der Waals surface area contributed by atoms with Crippen LogP contribution >= 0.6 is 0 Å². The van der Waals surface area contributed by atoms with Gasteiger partial charge in [0.25, 0.3) is 15.9 Å². The van der Waals surface area contributed by atoms with Gasteiger partial charge in [0.05, 0.1) is 5.56 Å². The maximum atomic E-state index is 12.5. The van der Waals surface area contributed by atoms with Crippen LogP contribution in [0.25, 0.3) is 0 Å². The van der Waals surface area contributed by atoms with E-state index >= 15 is 0 Å². The molecule has 0 aliphatic carbocycles. The summed E-state index contributed by atoms with van der Waals surface area (Å²) in [5.41, 5.74) is 1.76. The average Bonchev–Trinajstić information content (AvgIpc) is 2.90. The van der Waals surface area contributed by atoms with E-state index in [1.165, 1.54) is 25.0 Å². The van der Waals surface area contributed by atoms with E-state index in [1.54, 1.807) is 24.3 Å². The van der Waals surface area contributed by atoms with Crippen molar-refractivity contribution in [1.29, 1.82) is 0 Å². The van der Waals surface area contributed by atoms with Crippen molar-refractivity contribution in [2.75, 3.05) is 29.9 Å². The summed E-state index contributed by atoms with van der Waals surface area (Å²) in [5.74, 6) is -0.486. The Hall–Kier alpha value is -2.87. The van der Waals surface area contributed by atoms with Gasteiger partial charge in [0.15, 0.2) is 0 Å². The number of fused-ring (bicyclic) bond motifs is 1. The molecule has 0 aromatic heterocycles. The Morgan fingerprint density at radius 2 is 1.72 bits per heavy atom. The van der Waals surface area contributed by atoms with E-state index in [0.717, 1.165) is 24.7 Å². The Bertz CT molecular complexity index is 1040. The van der Waals surface area contributed by atoms with Gasteiger partial charge in [0.2, 0.25) is 5.91 Å². The van der Waals surface area contributed by atoms with Crippen LogP contribution in [0.1, 0.15) is 30.1 Å². The summed E-state index contributed by atoms with van der Waals surface area (Å²) < 4.78 is 25.7. The number of hydrogen-bond donors (Lipinski definition) is 1. The van der Waals surface area contributed by atoms with Crippen molar-refractivity contribution >= 4 is 33.2 Å². The minimum atomic E-state index is -3.99. The lowest BCUT2D eigenvalue weighted by molar-refractivity contribution is -0.116. The predicted octanol–water partition coefficient (Wildman–Crippen LogP) is 2.71. The summed E-state index contributed by atoms with van der Waals surface area (Å²) in [6.07, 6.45) is 2.33. The first-order valence-corrected chi connectivity index (χ1v) is 11.1. The Balaban J connectivity index is 1.41. The standard InChI is InChI=1S/C21H23N3O4S/c1-15-10-12-23(13-11-15)17-8-6-16(7-9-17)22-20(25)14-24-21(26)18-4-2-3-5-19(18)29(24,27)28/h2-9,15H,10-14H2,1H3,(H,22,25). The van der Waals surface area contributed by atoms with Crippen molar-refractivity contribution in [1.82, 2.24) is 4.31 Å². The normalized spacial score (nSPS) is 18.6. The molecule has 2 heterocycles. The molecule has 7 nitrogen and oxygen atoms in total. The number of piperidine rings is 1. The van der Waals surface area contributed by atoms with E-state index < -0.39 is 28.4 Å². The van der Waals surface area contributed by atoms with Gasteiger partial charge in [-0.25, -0.2) is 12.7 Å². The lowest BCUT2D eigenvalue weighted by Gasteiger charge is -2.32. The summed E-state index contributed by atoms with van der Waals surface area (Å²) in [6.45, 7) is 3.74. The molecule has 0 radical (unpaired) electrons. The molecule has 29 heavy (non-hydrogen) atoms. The molecule has 1 saturated heterocycles. The minimum Gasteiger partial charge on any atom is -0.372 e. The largest absolute Gasteiger partial charge is 0.372 e. The number of anilines is 2. The van der Waals surface area contributed by atoms with Crippen LogP contribution in [-0.2, 0) is 14.8 Å². The third-order valence-corrected chi connectivity index (χ3v) is 7.29. The number of hydrogen-bond acceptors (Lipinski definition) is 5. The highest BCUT2D eigenvalue weighted by molar-refractivity contribution is 7.90. The third-order valence-electron chi connectivity index (χ3n) is 5.50. The minimum absolute atomic E-state index is 0.0574. The second-order valence-corrected chi connectivity index (χ2v) is 9.41. The first-order chi connectivity index (χ1) is 13.9. The van der Waals surface area contributed by atoms with Gasteiger partial charge < -0.3 is 10.2 Å². The molecule has 0 spiro atoms. The predicted molar refractivity (Wildman–Crippen MR) is 110 cm³/mol. The zero-order valence-corrected chi connectivity index (χ0v) is 17.0. The van der Waals surface area contributed by atoms with Crippen molar-refractivity contribution in [3.05, 3.63) is 54.1 Å². The number of sulfonamides is 1. The van der Waals surface area contributed by atoms with Crippen molar-refractivity contribution in [3.8, 4) is 0 Å². The molecular formula is C21H23N3O4S. The van der Waals surface area contributed by atoms with Gasteiger partial charge >= 0.3 is 0 Å². The smallest absolute Gasteiger partial charge is 0.269 e. The van der Waals surface area contributed by atoms with Crippen molar-refractivity contribution in [2.24, 2.45) is 5.92 Å². The van der Waals surface area contributed by atoms with Gasteiger partial charge in [-0.1, -0.05) is 19.1 Å². The fourth-order valence-electron chi connectivity index (χ4n) is 3.74. The van der Waals surface area contributed by atoms with Gasteiger partial charge in [-0.2, -0.15) is 0 Å². The van der Waals surface area contributed by atoms with E-state index in [4.69, 9.17) is 0 Å². The van der Waals surface area contributed by atoms with Crippen LogP contribution in [0.5, 0.6) is 0 Å². The average molecular weight is 413 g/mol. The Labute approximate surface area is 170 Å². The number of benzene rings is 2. The Kier molecular flexibility index (Phi) is 5.04. The molecule has 1 N–H and O–H groups in total. The number of nitrogens with zero attached hydrogens (tertiary/aromatic N) is 2. The van der Waals surface area contributed by atoms with Crippen LogP contribution in [0.3, 0.4) is 0 Å². The highest BCUT2D eigenvalue weighted by Crippen LogP contribution is 2.30. The van der Waals surface area contributed by atoms with E-state index in [-0.39, 0.29) is 10.5 Å². The summed E-state index contributed by atoms with van der Waals surface area (Å²) in [4.78, 5) is 27.1. The molecule has 1 fully saturated rings.